The average Bonchev–Trinajstić information content (AvgIpc) is 2.55. The van der Waals surface area contributed by atoms with E-state index in [1.165, 1.54) is 22.9 Å². The van der Waals surface area contributed by atoms with Gasteiger partial charge in [-0.15, -0.1) is 13.2 Å². The Labute approximate surface area is 146 Å². The smallest absolute Gasteiger partial charge is 0.406 e. The van der Waals surface area contributed by atoms with Gasteiger partial charge >= 0.3 is 6.36 Å². The molecule has 0 spiro atoms. The van der Waals surface area contributed by atoms with Crippen molar-refractivity contribution in [2.24, 2.45) is 7.05 Å². The highest BCUT2D eigenvalue weighted by Gasteiger charge is 2.31. The quantitative estimate of drug-likeness (QED) is 0.900. The van der Waals surface area contributed by atoms with Crippen LogP contribution >= 0.6 is 0 Å². The molecule has 1 N–H and O–H groups in total. The molecule has 1 amide bonds. The van der Waals surface area contributed by atoms with Crippen LogP contribution < -0.4 is 15.6 Å². The summed E-state index contributed by atoms with van der Waals surface area (Å²) in [5.74, 6) is -0.949. The molecule has 1 aromatic heterocycles. The molecule has 6 nitrogen and oxygen atoms in total. The minimum atomic E-state index is -4.82. The summed E-state index contributed by atoms with van der Waals surface area (Å²) in [6.07, 6.45) is -3.14. The van der Waals surface area contributed by atoms with E-state index in [2.05, 4.69) is 15.2 Å². The van der Waals surface area contributed by atoms with Gasteiger partial charge in [-0.2, -0.15) is 5.10 Å². The van der Waals surface area contributed by atoms with E-state index in [0.29, 0.717) is 19.3 Å². The molecule has 9 heteroatoms. The molecular formula is C17H16F3N3O3. The first-order valence-corrected chi connectivity index (χ1v) is 7.94. The second-order valence-corrected chi connectivity index (χ2v) is 6.07. The third-order valence-electron chi connectivity index (χ3n) is 4.12. The normalized spacial score (nSPS) is 16.7. The van der Waals surface area contributed by atoms with Gasteiger partial charge in [0.05, 0.1) is 5.69 Å². The van der Waals surface area contributed by atoms with Crippen LogP contribution in [0.25, 0.3) is 0 Å². The number of hydrogen-bond donors (Lipinski definition) is 1. The highest BCUT2D eigenvalue weighted by Crippen LogP contribution is 2.24. The zero-order chi connectivity index (χ0) is 18.9. The number of carbonyl (C=O) groups excluding carboxylic acids is 1. The maximum atomic E-state index is 12.3. The number of nitrogens with one attached hydrogen (secondary N) is 1. The van der Waals surface area contributed by atoms with E-state index >= 15 is 0 Å². The van der Waals surface area contributed by atoms with Crippen LogP contribution in [0.3, 0.4) is 0 Å². The zero-order valence-electron chi connectivity index (χ0n) is 13.8. The molecule has 1 aromatic carbocycles. The fourth-order valence-corrected chi connectivity index (χ4v) is 2.91. The monoisotopic (exact) mass is 367 g/mol. The number of benzene rings is 1. The van der Waals surface area contributed by atoms with Crippen molar-refractivity contribution in [3.05, 3.63) is 57.5 Å². The van der Waals surface area contributed by atoms with Crippen LogP contribution in [0.2, 0.25) is 0 Å². The summed E-state index contributed by atoms with van der Waals surface area (Å²) in [7, 11) is 1.58. The van der Waals surface area contributed by atoms with Crippen LogP contribution in [-0.4, -0.2) is 28.1 Å². The summed E-state index contributed by atoms with van der Waals surface area (Å²) in [5.41, 5.74) is 1.43. The van der Waals surface area contributed by atoms with Crippen LogP contribution in [0.15, 0.2) is 35.1 Å². The lowest BCUT2D eigenvalue weighted by Crippen LogP contribution is -2.40. The molecule has 2 aromatic rings. The number of hydrogen-bond acceptors (Lipinski definition) is 4. The Kier molecular flexibility index (Phi) is 4.71. The van der Waals surface area contributed by atoms with Crippen molar-refractivity contribution in [3.63, 3.8) is 0 Å². The lowest BCUT2D eigenvalue weighted by molar-refractivity contribution is -0.274. The topological polar surface area (TPSA) is 73.2 Å². The molecule has 1 atom stereocenters. The number of amides is 1. The third-order valence-corrected chi connectivity index (χ3v) is 4.12. The van der Waals surface area contributed by atoms with Crippen LogP contribution in [0, 0.1) is 0 Å². The second-order valence-electron chi connectivity index (χ2n) is 6.07. The molecular weight excluding hydrogens is 351 g/mol. The van der Waals surface area contributed by atoms with Crippen LogP contribution in [0.1, 0.15) is 28.0 Å². The number of nitrogens with zero attached hydrogens (tertiary/aromatic N) is 2. The summed E-state index contributed by atoms with van der Waals surface area (Å²) in [5, 5.41) is 6.99. The van der Waals surface area contributed by atoms with Gasteiger partial charge < -0.3 is 10.1 Å². The lowest BCUT2D eigenvalue weighted by Gasteiger charge is -2.25. The number of ether oxygens (including phenoxy) is 1. The van der Waals surface area contributed by atoms with Gasteiger partial charge in [0.15, 0.2) is 0 Å². The number of carbonyl (C=O) groups is 1. The molecule has 1 heterocycles. The zero-order valence-corrected chi connectivity index (χ0v) is 13.8. The minimum absolute atomic E-state index is 0.0691. The fourth-order valence-electron chi connectivity index (χ4n) is 2.91. The van der Waals surface area contributed by atoms with Gasteiger partial charge in [-0.05, 0) is 43.0 Å². The van der Waals surface area contributed by atoms with Crippen molar-refractivity contribution in [2.75, 3.05) is 0 Å². The summed E-state index contributed by atoms with van der Waals surface area (Å²) in [6.45, 7) is 0. The van der Waals surface area contributed by atoms with Crippen LogP contribution in [-0.2, 0) is 19.9 Å². The first-order valence-electron chi connectivity index (χ1n) is 7.94. The summed E-state index contributed by atoms with van der Waals surface area (Å²) in [6, 6.07) is 6.17. The Morgan fingerprint density at radius 2 is 2.12 bits per heavy atom. The van der Waals surface area contributed by atoms with Gasteiger partial charge in [-0.3, -0.25) is 9.59 Å². The number of aromatic nitrogens is 2. The lowest BCUT2D eigenvalue weighted by atomic mass is 9.92. The molecule has 0 saturated heterocycles. The van der Waals surface area contributed by atoms with Gasteiger partial charge in [-0.1, -0.05) is 6.07 Å². The number of fused-ring (bicyclic) bond motifs is 1. The van der Waals surface area contributed by atoms with Gasteiger partial charge in [0.1, 0.15) is 5.75 Å². The summed E-state index contributed by atoms with van der Waals surface area (Å²) < 4.78 is 42.0. The van der Waals surface area contributed by atoms with E-state index in [4.69, 9.17) is 0 Å². The van der Waals surface area contributed by atoms with E-state index in [9.17, 15) is 22.8 Å². The standard InChI is InChI=1S/C17H16F3N3O3/c1-23-15(24)9-11-7-12(5-6-14(11)22-23)21-16(25)10-3-2-4-13(8-10)26-17(18,19)20/h2-4,8-9,12H,5-7H2,1H3,(H,21,25). The Morgan fingerprint density at radius 3 is 2.85 bits per heavy atom. The van der Waals surface area contributed by atoms with E-state index < -0.39 is 18.0 Å². The minimum Gasteiger partial charge on any atom is -0.406 e. The molecule has 0 saturated carbocycles. The van der Waals surface area contributed by atoms with Crippen molar-refractivity contribution in [1.29, 1.82) is 0 Å². The molecule has 3 rings (SSSR count). The van der Waals surface area contributed by atoms with Crippen LogP contribution in [0.4, 0.5) is 13.2 Å². The molecule has 0 radical (unpaired) electrons. The Hall–Kier alpha value is -2.84. The average molecular weight is 367 g/mol. The molecule has 0 aliphatic heterocycles. The SMILES string of the molecule is Cn1nc2c(cc1=O)CC(NC(=O)c1cccc(OC(F)(F)F)c1)CC2. The maximum absolute atomic E-state index is 12.3. The van der Waals surface area contributed by atoms with E-state index in [1.807, 2.05) is 0 Å². The highest BCUT2D eigenvalue weighted by molar-refractivity contribution is 5.94. The van der Waals surface area contributed by atoms with Gasteiger partial charge in [0, 0.05) is 24.7 Å². The predicted molar refractivity (Wildman–Crippen MR) is 85.9 cm³/mol. The Bertz CT molecular complexity index is 893. The highest BCUT2D eigenvalue weighted by atomic mass is 19.4. The van der Waals surface area contributed by atoms with Crippen molar-refractivity contribution < 1.29 is 22.7 Å². The first-order chi connectivity index (χ1) is 12.2. The molecule has 138 valence electrons. The first kappa shape index (κ1) is 18.0. The van der Waals surface area contributed by atoms with Crippen LogP contribution in [0.5, 0.6) is 5.75 Å². The number of aryl methyl sites for hydroxylation is 2. The van der Waals surface area contributed by atoms with E-state index in [-0.39, 0.29) is 17.2 Å². The number of halogens is 3. The van der Waals surface area contributed by atoms with Crippen molar-refractivity contribution in [2.45, 2.75) is 31.7 Å². The van der Waals surface area contributed by atoms with E-state index in [0.717, 1.165) is 23.4 Å². The van der Waals surface area contributed by atoms with Gasteiger partial charge in [0.25, 0.3) is 11.5 Å². The fraction of sp³-hybridized carbons (Fsp3) is 0.353. The van der Waals surface area contributed by atoms with Crippen molar-refractivity contribution >= 4 is 5.91 Å². The largest absolute Gasteiger partial charge is 0.573 e. The molecule has 0 fully saturated rings. The Balaban J connectivity index is 1.70. The molecule has 1 aliphatic rings. The summed E-state index contributed by atoms with van der Waals surface area (Å²) in [4.78, 5) is 24.0. The van der Waals surface area contributed by atoms with Crippen molar-refractivity contribution in [3.8, 4) is 5.75 Å². The van der Waals surface area contributed by atoms with Gasteiger partial charge in [0.2, 0.25) is 0 Å². The third kappa shape index (κ3) is 4.22. The molecule has 26 heavy (non-hydrogen) atoms. The molecule has 0 bridgehead atoms. The maximum Gasteiger partial charge on any atom is 0.573 e. The van der Waals surface area contributed by atoms with Gasteiger partial charge in [-0.25, -0.2) is 4.68 Å². The van der Waals surface area contributed by atoms with Crippen molar-refractivity contribution in [1.82, 2.24) is 15.1 Å². The number of rotatable bonds is 3. The predicted octanol–water partition coefficient (Wildman–Crippen LogP) is 1.97. The Morgan fingerprint density at radius 1 is 1.35 bits per heavy atom. The molecule has 1 unspecified atom stereocenters. The molecule has 1 aliphatic carbocycles. The number of alkyl halides is 3. The second kappa shape index (κ2) is 6.81. The van der Waals surface area contributed by atoms with E-state index in [1.54, 1.807) is 7.05 Å². The summed E-state index contributed by atoms with van der Waals surface area (Å²) >= 11 is 0.